The van der Waals surface area contributed by atoms with Crippen molar-refractivity contribution in [1.82, 2.24) is 4.90 Å². The van der Waals surface area contributed by atoms with E-state index in [0.717, 1.165) is 5.69 Å². The van der Waals surface area contributed by atoms with Crippen LogP contribution in [0.2, 0.25) is 0 Å². The molecule has 0 bridgehead atoms. The molecule has 3 aliphatic rings. The molecule has 0 saturated heterocycles. The summed E-state index contributed by atoms with van der Waals surface area (Å²) >= 11 is 0. The van der Waals surface area contributed by atoms with E-state index in [1.807, 2.05) is 38.9 Å². The van der Waals surface area contributed by atoms with Crippen LogP contribution in [-0.2, 0) is 22.4 Å². The minimum atomic E-state index is -2.64. The summed E-state index contributed by atoms with van der Waals surface area (Å²) in [5, 5.41) is 45.1. The van der Waals surface area contributed by atoms with Gasteiger partial charge in [0.25, 0.3) is 5.91 Å². The van der Waals surface area contributed by atoms with Gasteiger partial charge in [-0.15, -0.1) is 0 Å². The Morgan fingerprint density at radius 3 is 2.30 bits per heavy atom. The lowest BCUT2D eigenvalue weighted by atomic mass is 9.58. The van der Waals surface area contributed by atoms with Gasteiger partial charge in [0.05, 0.1) is 11.6 Å². The minimum Gasteiger partial charge on any atom is -0.510 e. The molecule has 1 unspecified atom stereocenters. The van der Waals surface area contributed by atoms with Crippen LogP contribution in [0.4, 0.5) is 5.69 Å². The van der Waals surface area contributed by atoms with Crippen molar-refractivity contribution >= 4 is 23.2 Å². The molecule has 0 aliphatic heterocycles. The first-order valence-corrected chi connectivity index (χ1v) is 12.3. The lowest BCUT2D eigenvalue weighted by Gasteiger charge is -2.50. The van der Waals surface area contributed by atoms with Crippen LogP contribution in [0.3, 0.4) is 0 Å². The van der Waals surface area contributed by atoms with Crippen molar-refractivity contribution in [2.45, 2.75) is 44.8 Å². The van der Waals surface area contributed by atoms with Gasteiger partial charge >= 0.3 is 0 Å². The molecule has 37 heavy (non-hydrogen) atoms. The number of hydrogen-bond acceptors (Lipinski definition) is 9. The number of benzene rings is 1. The van der Waals surface area contributed by atoms with Crippen LogP contribution in [0.5, 0.6) is 5.75 Å². The number of hydrogen-bond donors (Lipinski definition) is 5. The van der Waals surface area contributed by atoms with Crippen molar-refractivity contribution in [1.29, 1.82) is 0 Å². The zero-order valence-electron chi connectivity index (χ0n) is 22.0. The Bertz CT molecular complexity index is 1280. The first-order valence-electron chi connectivity index (χ1n) is 12.3. The van der Waals surface area contributed by atoms with Gasteiger partial charge in [-0.25, -0.2) is 0 Å². The molecule has 10 nitrogen and oxygen atoms in total. The zero-order valence-corrected chi connectivity index (χ0v) is 22.0. The lowest BCUT2D eigenvalue weighted by molar-refractivity contribution is -0.148. The number of primary amides is 1. The van der Waals surface area contributed by atoms with Crippen molar-refractivity contribution in [2.24, 2.45) is 23.5 Å². The smallest absolute Gasteiger partial charge is 0.255 e. The van der Waals surface area contributed by atoms with Crippen LogP contribution < -0.4 is 10.6 Å². The van der Waals surface area contributed by atoms with Gasteiger partial charge in [-0.2, -0.15) is 0 Å². The molecular formula is C27H35N3O7. The molecule has 3 aliphatic carbocycles. The van der Waals surface area contributed by atoms with Crippen molar-refractivity contribution in [3.05, 3.63) is 45.4 Å². The Labute approximate surface area is 215 Å². The number of aliphatic hydroxyl groups is 3. The van der Waals surface area contributed by atoms with E-state index in [1.165, 1.54) is 4.90 Å². The van der Waals surface area contributed by atoms with Crippen LogP contribution in [0.1, 0.15) is 41.8 Å². The van der Waals surface area contributed by atoms with Crippen molar-refractivity contribution < 1.29 is 34.8 Å². The first kappa shape index (κ1) is 26.7. The Morgan fingerprint density at radius 2 is 1.78 bits per heavy atom. The van der Waals surface area contributed by atoms with E-state index >= 15 is 0 Å². The number of phenols is 1. The van der Waals surface area contributed by atoms with Gasteiger partial charge in [0.1, 0.15) is 22.8 Å². The van der Waals surface area contributed by atoms with Gasteiger partial charge in [-0.1, -0.05) is 13.8 Å². The number of nitrogens with zero attached hydrogens (tertiary/aromatic N) is 2. The number of aliphatic hydroxyl groups excluding tert-OH is 2. The standard InChI is InChI=1S/C27H35N3O7/c1-11(2)7-13-10-16(29(3)4)14-8-12-9-15-20(30(5)6)23(33)19(26(28)36)25(35)27(15,37)24(34)17(12)22(32)18(14)21(13)31/h10-12,15,20,31,33-34,37H,7-9H2,1-6H3,(H2,28,36)/t12-,15-,20?,27-/m1/s1. The average molecular weight is 514 g/mol. The third-order valence-corrected chi connectivity index (χ3v) is 7.89. The van der Waals surface area contributed by atoms with Crippen molar-refractivity contribution in [3.63, 3.8) is 0 Å². The molecule has 1 amide bonds. The SMILES string of the molecule is CC(C)Cc1cc(N(C)C)c2c(c1O)C(=O)C1=C(O)[C@@]3(O)C(=O)C(C(N)=O)=C(O)C(N(C)C)[C@H]3C[C@H]1C2. The number of likely N-dealkylation sites (N-methyl/N-ethyl adjacent to an activating group) is 1. The molecule has 0 fully saturated rings. The molecule has 4 rings (SSSR count). The summed E-state index contributed by atoms with van der Waals surface area (Å²) in [5.74, 6) is -6.21. The van der Waals surface area contributed by atoms with E-state index in [4.69, 9.17) is 5.73 Å². The number of anilines is 1. The highest BCUT2D eigenvalue weighted by Gasteiger charge is 2.63. The maximum absolute atomic E-state index is 13.9. The predicted octanol–water partition coefficient (Wildman–Crippen LogP) is 1.39. The molecule has 0 saturated carbocycles. The van der Waals surface area contributed by atoms with E-state index in [1.54, 1.807) is 14.1 Å². The molecule has 0 spiro atoms. The maximum atomic E-state index is 13.9. The molecule has 6 N–H and O–H groups in total. The number of carbonyl (C=O) groups excluding carboxylic acids is 3. The number of phenolic OH excluding ortho intramolecular Hbond substituents is 1. The van der Waals surface area contributed by atoms with Gasteiger partial charge < -0.3 is 31.1 Å². The molecule has 1 aromatic rings. The Morgan fingerprint density at radius 1 is 1.16 bits per heavy atom. The normalized spacial score (nSPS) is 27.4. The molecule has 4 atom stereocenters. The summed E-state index contributed by atoms with van der Waals surface area (Å²) in [5.41, 5.74) is 3.78. The molecular weight excluding hydrogens is 478 g/mol. The molecule has 10 heteroatoms. The number of Topliss-reactive ketones (excluding diaryl/α,β-unsaturated/α-hetero) is 2. The monoisotopic (exact) mass is 513 g/mol. The van der Waals surface area contributed by atoms with Gasteiger partial charge in [0.2, 0.25) is 5.78 Å². The summed E-state index contributed by atoms with van der Waals surface area (Å²) < 4.78 is 0. The van der Waals surface area contributed by atoms with Crippen LogP contribution in [0, 0.1) is 17.8 Å². The van der Waals surface area contributed by atoms with Gasteiger partial charge in [0.15, 0.2) is 11.4 Å². The second kappa shape index (κ2) is 8.88. The number of fused-ring (bicyclic) bond motifs is 3. The Balaban J connectivity index is 1.98. The highest BCUT2D eigenvalue weighted by Crippen LogP contribution is 2.53. The predicted molar refractivity (Wildman–Crippen MR) is 137 cm³/mol. The maximum Gasteiger partial charge on any atom is 0.255 e. The fraction of sp³-hybridized carbons (Fsp3) is 0.519. The third-order valence-electron chi connectivity index (χ3n) is 7.89. The van der Waals surface area contributed by atoms with Crippen LogP contribution in [-0.4, -0.2) is 82.6 Å². The number of rotatable bonds is 5. The summed E-state index contributed by atoms with van der Waals surface area (Å²) in [4.78, 5) is 42.8. The fourth-order valence-electron chi connectivity index (χ4n) is 6.35. The number of nitrogens with two attached hydrogens (primary N) is 1. The molecule has 0 aromatic heterocycles. The van der Waals surface area contributed by atoms with Crippen LogP contribution in [0.15, 0.2) is 28.7 Å². The number of carbonyl (C=O) groups is 3. The number of amides is 1. The number of ketones is 2. The van der Waals surface area contributed by atoms with E-state index in [0.29, 0.717) is 17.5 Å². The fourth-order valence-corrected chi connectivity index (χ4v) is 6.35. The van der Waals surface area contributed by atoms with E-state index in [9.17, 15) is 34.8 Å². The van der Waals surface area contributed by atoms with Crippen molar-refractivity contribution in [2.75, 3.05) is 33.1 Å². The summed E-state index contributed by atoms with van der Waals surface area (Å²) in [7, 11) is 6.89. The van der Waals surface area contributed by atoms with Gasteiger partial charge in [-0.05, 0) is 62.4 Å². The van der Waals surface area contributed by atoms with E-state index in [-0.39, 0.29) is 35.6 Å². The largest absolute Gasteiger partial charge is 0.510 e. The minimum absolute atomic E-state index is 0.0441. The first-order chi connectivity index (χ1) is 17.1. The summed E-state index contributed by atoms with van der Waals surface area (Å²) in [6.45, 7) is 3.98. The highest BCUT2D eigenvalue weighted by molar-refractivity contribution is 6.24. The Hall–Kier alpha value is -3.37. The van der Waals surface area contributed by atoms with E-state index in [2.05, 4.69) is 0 Å². The number of allylic oxidation sites excluding steroid dienone is 1. The van der Waals surface area contributed by atoms with Gasteiger partial charge in [0, 0.05) is 31.3 Å². The quantitative estimate of drug-likeness (QED) is 0.366. The van der Waals surface area contributed by atoms with E-state index < -0.39 is 58.0 Å². The highest BCUT2D eigenvalue weighted by atomic mass is 16.3. The van der Waals surface area contributed by atoms with Crippen molar-refractivity contribution in [3.8, 4) is 5.75 Å². The number of aromatic hydroxyl groups is 1. The second-order valence-electron chi connectivity index (χ2n) is 11.2. The zero-order chi connectivity index (χ0) is 27.7. The summed E-state index contributed by atoms with van der Waals surface area (Å²) in [6, 6.07) is 0.857. The second-order valence-corrected chi connectivity index (χ2v) is 11.2. The molecule has 200 valence electrons. The van der Waals surface area contributed by atoms with Crippen LogP contribution >= 0.6 is 0 Å². The Kier molecular flexibility index (Phi) is 6.41. The molecule has 0 heterocycles. The average Bonchev–Trinajstić information content (AvgIpc) is 2.77. The third kappa shape index (κ3) is 3.73. The molecule has 0 radical (unpaired) electrons. The van der Waals surface area contributed by atoms with Crippen LogP contribution in [0.25, 0.3) is 0 Å². The van der Waals surface area contributed by atoms with Gasteiger partial charge in [-0.3, -0.25) is 19.3 Å². The topological polar surface area (TPSA) is 165 Å². The summed E-state index contributed by atoms with van der Waals surface area (Å²) in [6.07, 6.45) is 0.841. The molecule has 1 aromatic carbocycles. The lowest BCUT2D eigenvalue weighted by Crippen LogP contribution is -2.63.